The highest BCUT2D eigenvalue weighted by atomic mass is 79.9. The first kappa shape index (κ1) is 14.4. The Labute approximate surface area is 112 Å². The fraction of sp³-hybridized carbons (Fsp3) is 0.667. The van der Waals surface area contributed by atoms with Crippen LogP contribution in [0.1, 0.15) is 27.7 Å². The summed E-state index contributed by atoms with van der Waals surface area (Å²) in [5.74, 6) is 0.854. The quantitative estimate of drug-likeness (QED) is 0.877. The zero-order valence-corrected chi connectivity index (χ0v) is 12.5. The van der Waals surface area contributed by atoms with Crippen LogP contribution >= 0.6 is 15.9 Å². The van der Waals surface area contributed by atoms with E-state index in [1.54, 1.807) is 12.5 Å². The molecule has 1 N–H and O–H groups in total. The molecule has 0 bridgehead atoms. The van der Waals surface area contributed by atoms with Crippen LogP contribution in [0.15, 0.2) is 17.0 Å². The molecule has 0 atom stereocenters. The molecular weight excluding hydrogens is 280 g/mol. The Morgan fingerprint density at radius 1 is 1.29 bits per heavy atom. The molecule has 96 valence electrons. The van der Waals surface area contributed by atoms with Crippen LogP contribution in [0, 0.1) is 0 Å². The van der Waals surface area contributed by atoms with Gasteiger partial charge in [0.05, 0.1) is 4.47 Å². The molecule has 1 heterocycles. The molecular formula is C12H21BrN4. The fourth-order valence-electron chi connectivity index (χ4n) is 1.86. The van der Waals surface area contributed by atoms with Crippen molar-refractivity contribution in [2.24, 2.45) is 0 Å². The predicted molar refractivity (Wildman–Crippen MR) is 75.2 cm³/mol. The molecule has 0 unspecified atom stereocenters. The van der Waals surface area contributed by atoms with Gasteiger partial charge in [0, 0.05) is 31.4 Å². The molecule has 0 spiro atoms. The first-order valence-corrected chi connectivity index (χ1v) is 6.76. The van der Waals surface area contributed by atoms with Gasteiger partial charge in [-0.2, -0.15) is 0 Å². The second kappa shape index (κ2) is 6.91. The zero-order chi connectivity index (χ0) is 12.8. The van der Waals surface area contributed by atoms with Crippen LogP contribution in [0.5, 0.6) is 0 Å². The van der Waals surface area contributed by atoms with Crippen LogP contribution in [-0.2, 0) is 0 Å². The lowest BCUT2D eigenvalue weighted by Gasteiger charge is -2.30. The standard InChI is InChI=1S/C12H21BrN4/c1-9(2)17(10(3)4)6-5-15-12-11(13)7-14-8-16-12/h7-10H,5-6H2,1-4H3,(H,14,15,16). The number of anilines is 1. The monoisotopic (exact) mass is 300 g/mol. The minimum absolute atomic E-state index is 0.561. The van der Waals surface area contributed by atoms with E-state index in [2.05, 4.69) is 63.8 Å². The van der Waals surface area contributed by atoms with E-state index in [1.165, 1.54) is 0 Å². The van der Waals surface area contributed by atoms with Crippen molar-refractivity contribution in [2.75, 3.05) is 18.4 Å². The van der Waals surface area contributed by atoms with Crippen LogP contribution in [0.25, 0.3) is 0 Å². The molecule has 0 saturated carbocycles. The summed E-state index contributed by atoms with van der Waals surface area (Å²) in [6.45, 7) is 10.8. The topological polar surface area (TPSA) is 41.0 Å². The van der Waals surface area contributed by atoms with E-state index in [4.69, 9.17) is 0 Å². The van der Waals surface area contributed by atoms with Crippen LogP contribution < -0.4 is 5.32 Å². The third kappa shape index (κ3) is 4.60. The van der Waals surface area contributed by atoms with Crippen molar-refractivity contribution < 1.29 is 0 Å². The highest BCUT2D eigenvalue weighted by molar-refractivity contribution is 9.10. The van der Waals surface area contributed by atoms with Gasteiger partial charge in [0.25, 0.3) is 0 Å². The van der Waals surface area contributed by atoms with Gasteiger partial charge in [-0.1, -0.05) is 0 Å². The molecule has 4 nitrogen and oxygen atoms in total. The van der Waals surface area contributed by atoms with Crippen molar-refractivity contribution in [3.8, 4) is 0 Å². The molecule has 1 rings (SSSR count). The molecule has 0 aliphatic carbocycles. The first-order valence-electron chi connectivity index (χ1n) is 5.97. The molecule has 0 fully saturated rings. The van der Waals surface area contributed by atoms with E-state index >= 15 is 0 Å². The van der Waals surface area contributed by atoms with Gasteiger partial charge in [0.1, 0.15) is 12.1 Å². The lowest BCUT2D eigenvalue weighted by atomic mass is 10.2. The molecule has 0 aliphatic rings. The Morgan fingerprint density at radius 3 is 2.47 bits per heavy atom. The van der Waals surface area contributed by atoms with Gasteiger partial charge in [0.15, 0.2) is 0 Å². The van der Waals surface area contributed by atoms with E-state index in [9.17, 15) is 0 Å². The van der Waals surface area contributed by atoms with Gasteiger partial charge in [-0.25, -0.2) is 9.97 Å². The van der Waals surface area contributed by atoms with E-state index in [1.807, 2.05) is 0 Å². The number of halogens is 1. The normalized spacial score (nSPS) is 11.5. The molecule has 1 aromatic heterocycles. The van der Waals surface area contributed by atoms with Gasteiger partial charge in [-0.05, 0) is 43.6 Å². The zero-order valence-electron chi connectivity index (χ0n) is 10.9. The molecule has 17 heavy (non-hydrogen) atoms. The van der Waals surface area contributed by atoms with Crippen molar-refractivity contribution in [2.45, 2.75) is 39.8 Å². The van der Waals surface area contributed by atoms with E-state index in [0.29, 0.717) is 12.1 Å². The van der Waals surface area contributed by atoms with Gasteiger partial charge >= 0.3 is 0 Å². The molecule has 0 aromatic carbocycles. The first-order chi connectivity index (χ1) is 8.02. The second-order valence-corrected chi connectivity index (χ2v) is 5.43. The minimum atomic E-state index is 0.561. The molecule has 5 heteroatoms. The number of nitrogens with one attached hydrogen (secondary N) is 1. The SMILES string of the molecule is CC(C)N(CCNc1ncncc1Br)C(C)C. The maximum atomic E-state index is 4.18. The summed E-state index contributed by atoms with van der Waals surface area (Å²) in [6, 6.07) is 1.12. The average molecular weight is 301 g/mol. The van der Waals surface area contributed by atoms with E-state index < -0.39 is 0 Å². The maximum absolute atomic E-state index is 4.18. The van der Waals surface area contributed by atoms with Crippen LogP contribution in [0.3, 0.4) is 0 Å². The molecule has 0 aliphatic heterocycles. The lowest BCUT2D eigenvalue weighted by Crippen LogP contribution is -2.40. The number of rotatable bonds is 6. The summed E-state index contributed by atoms with van der Waals surface area (Å²) < 4.78 is 0.903. The van der Waals surface area contributed by atoms with Gasteiger partial charge < -0.3 is 5.32 Å². The van der Waals surface area contributed by atoms with E-state index in [-0.39, 0.29) is 0 Å². The maximum Gasteiger partial charge on any atom is 0.143 e. The lowest BCUT2D eigenvalue weighted by molar-refractivity contribution is 0.182. The van der Waals surface area contributed by atoms with Crippen LogP contribution in [0.2, 0.25) is 0 Å². The Hall–Kier alpha value is -0.680. The van der Waals surface area contributed by atoms with Gasteiger partial charge in [0.2, 0.25) is 0 Å². The minimum Gasteiger partial charge on any atom is -0.368 e. The molecule has 0 radical (unpaired) electrons. The molecule has 0 saturated heterocycles. The Morgan fingerprint density at radius 2 is 1.94 bits per heavy atom. The third-order valence-corrected chi connectivity index (χ3v) is 3.24. The Kier molecular flexibility index (Phi) is 5.85. The smallest absolute Gasteiger partial charge is 0.143 e. The summed E-state index contributed by atoms with van der Waals surface area (Å²) in [6.07, 6.45) is 3.30. The summed E-state index contributed by atoms with van der Waals surface area (Å²) in [5.41, 5.74) is 0. The second-order valence-electron chi connectivity index (χ2n) is 4.57. The third-order valence-electron chi connectivity index (χ3n) is 2.66. The van der Waals surface area contributed by atoms with Crippen molar-refractivity contribution in [1.29, 1.82) is 0 Å². The summed E-state index contributed by atoms with van der Waals surface area (Å²) in [7, 11) is 0. The van der Waals surface area contributed by atoms with E-state index in [0.717, 1.165) is 23.4 Å². The van der Waals surface area contributed by atoms with Crippen LogP contribution in [0.4, 0.5) is 5.82 Å². The molecule has 0 amide bonds. The Bertz CT molecular complexity index is 333. The van der Waals surface area contributed by atoms with Crippen molar-refractivity contribution in [1.82, 2.24) is 14.9 Å². The van der Waals surface area contributed by atoms with Crippen LogP contribution in [-0.4, -0.2) is 40.0 Å². The highest BCUT2D eigenvalue weighted by Crippen LogP contribution is 2.16. The van der Waals surface area contributed by atoms with Gasteiger partial charge in [-0.15, -0.1) is 0 Å². The predicted octanol–water partition coefficient (Wildman–Crippen LogP) is 2.77. The van der Waals surface area contributed by atoms with Gasteiger partial charge in [-0.3, -0.25) is 4.90 Å². The van der Waals surface area contributed by atoms with Crippen molar-refractivity contribution >= 4 is 21.7 Å². The average Bonchev–Trinajstić information content (AvgIpc) is 2.25. The Balaban J connectivity index is 2.44. The summed E-state index contributed by atoms with van der Waals surface area (Å²) in [5, 5.41) is 3.31. The van der Waals surface area contributed by atoms with Crippen molar-refractivity contribution in [3.05, 3.63) is 17.0 Å². The number of aromatic nitrogens is 2. The summed E-state index contributed by atoms with van der Waals surface area (Å²) in [4.78, 5) is 10.6. The number of hydrogen-bond acceptors (Lipinski definition) is 4. The largest absolute Gasteiger partial charge is 0.368 e. The number of nitrogens with zero attached hydrogens (tertiary/aromatic N) is 3. The molecule has 1 aromatic rings. The highest BCUT2D eigenvalue weighted by Gasteiger charge is 2.12. The number of hydrogen-bond donors (Lipinski definition) is 1. The summed E-state index contributed by atoms with van der Waals surface area (Å²) >= 11 is 3.42. The van der Waals surface area contributed by atoms with Crippen molar-refractivity contribution in [3.63, 3.8) is 0 Å². The fourth-order valence-corrected chi connectivity index (χ4v) is 2.22.